The van der Waals surface area contributed by atoms with Gasteiger partial charge < -0.3 is 10.1 Å². The van der Waals surface area contributed by atoms with Crippen molar-refractivity contribution >= 4 is 67.8 Å². The van der Waals surface area contributed by atoms with Crippen LogP contribution < -0.4 is 10.1 Å². The highest BCUT2D eigenvalue weighted by molar-refractivity contribution is 7.21. The molecule has 0 radical (unpaired) electrons. The zero-order valence-corrected chi connectivity index (χ0v) is 14.9. The van der Waals surface area contributed by atoms with Crippen LogP contribution in [0.1, 0.15) is 9.67 Å². The summed E-state index contributed by atoms with van der Waals surface area (Å²) in [6.45, 7) is 0. The van der Waals surface area contributed by atoms with Crippen molar-refractivity contribution in [3.05, 3.63) is 56.3 Å². The smallest absolute Gasteiger partial charge is 0.267 e. The predicted octanol–water partition coefficient (Wildman–Crippen LogP) is 6.12. The lowest BCUT2D eigenvalue weighted by molar-refractivity contribution is 0.103. The second kappa shape index (κ2) is 6.57. The molecule has 3 nitrogen and oxygen atoms in total. The Morgan fingerprint density at radius 3 is 2.61 bits per heavy atom. The lowest BCUT2D eigenvalue weighted by Crippen LogP contribution is -2.10. The third kappa shape index (κ3) is 3.26. The SMILES string of the molecule is COc1ccc(NC(=O)c2sc3cc(Cl)ccc3c2Cl)cc1Cl. The molecule has 2 aromatic carbocycles. The molecule has 0 aliphatic heterocycles. The van der Waals surface area contributed by atoms with Gasteiger partial charge in [0.2, 0.25) is 0 Å². The molecular formula is C16H10Cl3NO2S. The number of ether oxygens (including phenoxy) is 1. The Kier molecular flexibility index (Phi) is 4.69. The molecule has 0 saturated heterocycles. The van der Waals surface area contributed by atoms with Crippen LogP contribution in [0.3, 0.4) is 0 Å². The number of amides is 1. The number of anilines is 1. The molecule has 1 heterocycles. The molecule has 0 saturated carbocycles. The van der Waals surface area contributed by atoms with Crippen LogP contribution in [0.2, 0.25) is 15.1 Å². The molecule has 3 aromatic rings. The average molecular weight is 387 g/mol. The molecule has 1 aromatic heterocycles. The summed E-state index contributed by atoms with van der Waals surface area (Å²) in [5.74, 6) is 0.243. The number of hydrogen-bond donors (Lipinski definition) is 1. The third-order valence-corrected chi connectivity index (χ3v) is 5.39. The second-order valence-corrected chi connectivity index (χ2v) is 6.96. The van der Waals surface area contributed by atoms with Crippen molar-refractivity contribution in [2.45, 2.75) is 0 Å². The highest BCUT2D eigenvalue weighted by Crippen LogP contribution is 2.37. The van der Waals surface area contributed by atoms with Gasteiger partial charge in [-0.25, -0.2) is 0 Å². The number of methoxy groups -OCH3 is 1. The molecule has 23 heavy (non-hydrogen) atoms. The highest BCUT2D eigenvalue weighted by Gasteiger charge is 2.18. The molecule has 0 bridgehead atoms. The zero-order chi connectivity index (χ0) is 16.6. The molecule has 0 aliphatic carbocycles. The summed E-state index contributed by atoms with van der Waals surface area (Å²) in [5, 5.41) is 5.02. The Balaban J connectivity index is 1.91. The van der Waals surface area contributed by atoms with Gasteiger partial charge in [-0.05, 0) is 30.3 Å². The van der Waals surface area contributed by atoms with E-state index in [0.29, 0.717) is 31.4 Å². The summed E-state index contributed by atoms with van der Waals surface area (Å²) in [6, 6.07) is 10.3. The summed E-state index contributed by atoms with van der Waals surface area (Å²) in [7, 11) is 1.53. The van der Waals surface area contributed by atoms with Gasteiger partial charge in [-0.15, -0.1) is 11.3 Å². The highest BCUT2D eigenvalue weighted by atomic mass is 35.5. The van der Waals surface area contributed by atoms with Gasteiger partial charge in [-0.3, -0.25) is 4.79 Å². The van der Waals surface area contributed by atoms with Crippen LogP contribution in [-0.2, 0) is 0 Å². The lowest BCUT2D eigenvalue weighted by atomic mass is 10.2. The number of thiophene rings is 1. The van der Waals surface area contributed by atoms with E-state index in [4.69, 9.17) is 39.5 Å². The van der Waals surface area contributed by atoms with Gasteiger partial charge in [0.05, 0.1) is 17.2 Å². The van der Waals surface area contributed by atoms with E-state index in [1.807, 2.05) is 0 Å². The first-order valence-electron chi connectivity index (χ1n) is 6.52. The van der Waals surface area contributed by atoms with E-state index in [9.17, 15) is 4.79 Å². The van der Waals surface area contributed by atoms with Gasteiger partial charge >= 0.3 is 0 Å². The topological polar surface area (TPSA) is 38.3 Å². The molecule has 0 unspecified atom stereocenters. The summed E-state index contributed by atoms with van der Waals surface area (Å²) in [4.78, 5) is 12.9. The number of carbonyl (C=O) groups excluding carboxylic acids is 1. The van der Waals surface area contributed by atoms with Crippen molar-refractivity contribution < 1.29 is 9.53 Å². The summed E-state index contributed by atoms with van der Waals surface area (Å²) >= 11 is 19.6. The van der Waals surface area contributed by atoms with Crippen molar-refractivity contribution in [2.24, 2.45) is 0 Å². The van der Waals surface area contributed by atoms with Gasteiger partial charge in [0.1, 0.15) is 10.6 Å². The average Bonchev–Trinajstić information content (AvgIpc) is 2.84. The van der Waals surface area contributed by atoms with Crippen LogP contribution in [0.15, 0.2) is 36.4 Å². The fourth-order valence-electron chi connectivity index (χ4n) is 2.12. The Morgan fingerprint density at radius 1 is 1.13 bits per heavy atom. The van der Waals surface area contributed by atoms with Gasteiger partial charge in [0.25, 0.3) is 5.91 Å². The standard InChI is InChI=1S/C16H10Cl3NO2S/c1-22-12-5-3-9(7-11(12)18)20-16(21)15-14(19)10-4-2-8(17)6-13(10)23-15/h2-7H,1H3,(H,20,21). The number of benzene rings is 2. The molecule has 118 valence electrons. The Morgan fingerprint density at radius 2 is 1.91 bits per heavy atom. The first-order chi connectivity index (χ1) is 11.0. The van der Waals surface area contributed by atoms with E-state index in [2.05, 4.69) is 5.32 Å². The molecule has 1 amide bonds. The van der Waals surface area contributed by atoms with Crippen molar-refractivity contribution in [3.63, 3.8) is 0 Å². The number of rotatable bonds is 3. The monoisotopic (exact) mass is 385 g/mol. The van der Waals surface area contributed by atoms with Crippen LogP contribution in [0.4, 0.5) is 5.69 Å². The largest absolute Gasteiger partial charge is 0.495 e. The Bertz CT molecular complexity index is 908. The van der Waals surface area contributed by atoms with E-state index in [1.165, 1.54) is 18.4 Å². The van der Waals surface area contributed by atoms with Crippen LogP contribution in [0.25, 0.3) is 10.1 Å². The van der Waals surface area contributed by atoms with E-state index in [1.54, 1.807) is 36.4 Å². The minimum atomic E-state index is -0.298. The van der Waals surface area contributed by atoms with E-state index in [0.717, 1.165) is 10.1 Å². The maximum atomic E-state index is 12.5. The summed E-state index contributed by atoms with van der Waals surface area (Å²) < 4.78 is 5.95. The second-order valence-electron chi connectivity index (χ2n) is 4.69. The molecule has 0 spiro atoms. The maximum absolute atomic E-state index is 12.5. The summed E-state index contributed by atoms with van der Waals surface area (Å²) in [5.41, 5.74) is 0.562. The van der Waals surface area contributed by atoms with Crippen molar-refractivity contribution in [3.8, 4) is 5.75 Å². The van der Waals surface area contributed by atoms with Crippen LogP contribution in [0, 0.1) is 0 Å². The third-order valence-electron chi connectivity index (χ3n) is 3.21. The van der Waals surface area contributed by atoms with Crippen LogP contribution in [-0.4, -0.2) is 13.0 Å². The van der Waals surface area contributed by atoms with E-state index < -0.39 is 0 Å². The molecule has 1 N–H and O–H groups in total. The van der Waals surface area contributed by atoms with Gasteiger partial charge in [-0.1, -0.05) is 40.9 Å². The van der Waals surface area contributed by atoms with Crippen molar-refractivity contribution in [2.75, 3.05) is 12.4 Å². The van der Waals surface area contributed by atoms with Gasteiger partial charge in [0.15, 0.2) is 0 Å². The fraction of sp³-hybridized carbons (Fsp3) is 0.0625. The van der Waals surface area contributed by atoms with E-state index >= 15 is 0 Å². The lowest BCUT2D eigenvalue weighted by Gasteiger charge is -2.07. The molecule has 0 atom stereocenters. The predicted molar refractivity (Wildman–Crippen MR) is 97.8 cm³/mol. The van der Waals surface area contributed by atoms with Gasteiger partial charge in [-0.2, -0.15) is 0 Å². The maximum Gasteiger partial charge on any atom is 0.267 e. The summed E-state index contributed by atoms with van der Waals surface area (Å²) in [6.07, 6.45) is 0. The number of nitrogens with one attached hydrogen (secondary N) is 1. The normalized spacial score (nSPS) is 10.8. The van der Waals surface area contributed by atoms with Crippen LogP contribution in [0.5, 0.6) is 5.75 Å². The number of halogens is 3. The van der Waals surface area contributed by atoms with Crippen molar-refractivity contribution in [1.82, 2.24) is 0 Å². The van der Waals surface area contributed by atoms with Gasteiger partial charge in [0, 0.05) is 20.8 Å². The molecule has 7 heteroatoms. The first kappa shape index (κ1) is 16.4. The number of carbonyl (C=O) groups is 1. The zero-order valence-electron chi connectivity index (χ0n) is 11.8. The Labute approximate surface area is 151 Å². The van der Waals surface area contributed by atoms with Crippen molar-refractivity contribution in [1.29, 1.82) is 0 Å². The fourth-order valence-corrected chi connectivity index (χ4v) is 4.06. The number of fused-ring (bicyclic) bond motifs is 1. The van der Waals surface area contributed by atoms with E-state index in [-0.39, 0.29) is 5.91 Å². The molecule has 0 fully saturated rings. The minimum absolute atomic E-state index is 0.298. The molecule has 3 rings (SSSR count). The number of hydrogen-bond acceptors (Lipinski definition) is 3. The minimum Gasteiger partial charge on any atom is -0.495 e. The molecule has 0 aliphatic rings. The first-order valence-corrected chi connectivity index (χ1v) is 8.47. The molecular weight excluding hydrogens is 377 g/mol. The van der Waals surface area contributed by atoms with Crippen LogP contribution >= 0.6 is 46.1 Å². The Hall–Kier alpha value is -1.46. The quantitative estimate of drug-likeness (QED) is 0.588.